The molecule has 98 valence electrons. The predicted octanol–water partition coefficient (Wildman–Crippen LogP) is 5.12. The third kappa shape index (κ3) is 6.74. The zero-order chi connectivity index (χ0) is 13.8. The van der Waals surface area contributed by atoms with Gasteiger partial charge in [0.15, 0.2) is 0 Å². The summed E-state index contributed by atoms with van der Waals surface area (Å²) in [5.74, 6) is 0.789. The molecule has 0 aromatic carbocycles. The van der Waals surface area contributed by atoms with Crippen molar-refractivity contribution in [1.29, 1.82) is 0 Å². The molecule has 0 aliphatic heterocycles. The van der Waals surface area contributed by atoms with Crippen molar-refractivity contribution in [2.24, 2.45) is 0 Å². The highest BCUT2D eigenvalue weighted by molar-refractivity contribution is 5.29. The fraction of sp³-hybridized carbons (Fsp3) is 0.294. The Labute approximate surface area is 112 Å². The Bertz CT molecular complexity index is 378. The normalized spacial score (nSPS) is 13.9. The molecule has 1 heteroatoms. The molecule has 0 heterocycles. The van der Waals surface area contributed by atoms with E-state index in [1.807, 2.05) is 26.8 Å². The van der Waals surface area contributed by atoms with E-state index >= 15 is 0 Å². The van der Waals surface area contributed by atoms with Crippen LogP contribution in [0.25, 0.3) is 0 Å². The van der Waals surface area contributed by atoms with Gasteiger partial charge in [-0.1, -0.05) is 63.5 Å². The molecule has 1 aliphatic carbocycles. The number of hydrogen-bond acceptors (Lipinski definition) is 1. The van der Waals surface area contributed by atoms with E-state index in [4.69, 9.17) is 4.74 Å². The fourth-order valence-corrected chi connectivity index (χ4v) is 1.30. The summed E-state index contributed by atoms with van der Waals surface area (Å²) in [5.41, 5.74) is 2.07. The van der Waals surface area contributed by atoms with Gasteiger partial charge in [-0.05, 0) is 30.6 Å². The molecule has 1 nitrogen and oxygen atoms in total. The van der Waals surface area contributed by atoms with Crippen molar-refractivity contribution in [1.82, 2.24) is 0 Å². The maximum absolute atomic E-state index is 5.68. The van der Waals surface area contributed by atoms with Crippen LogP contribution in [0.15, 0.2) is 72.6 Å². The lowest BCUT2D eigenvalue weighted by Crippen LogP contribution is -1.97. The molecule has 0 saturated carbocycles. The maximum atomic E-state index is 5.68. The highest BCUT2D eigenvalue weighted by atomic mass is 16.5. The summed E-state index contributed by atoms with van der Waals surface area (Å²) in [7, 11) is 0. The summed E-state index contributed by atoms with van der Waals surface area (Å²) < 4.78 is 5.68. The second-order valence-corrected chi connectivity index (χ2v) is 3.64. The molecule has 18 heavy (non-hydrogen) atoms. The Morgan fingerprint density at radius 1 is 1.39 bits per heavy atom. The first-order chi connectivity index (χ1) is 8.74. The van der Waals surface area contributed by atoms with E-state index in [1.54, 1.807) is 6.08 Å². The first-order valence-corrected chi connectivity index (χ1v) is 6.37. The van der Waals surface area contributed by atoms with E-state index in [-0.39, 0.29) is 0 Å². The lowest BCUT2D eigenvalue weighted by Gasteiger charge is -2.10. The molecule has 0 saturated heterocycles. The number of hydrogen-bond donors (Lipinski definition) is 0. The van der Waals surface area contributed by atoms with Crippen LogP contribution in [0.4, 0.5) is 0 Å². The van der Waals surface area contributed by atoms with Crippen LogP contribution in [-0.4, -0.2) is 6.61 Å². The highest BCUT2D eigenvalue weighted by Gasteiger charge is 2.00. The van der Waals surface area contributed by atoms with E-state index in [2.05, 4.69) is 43.5 Å². The largest absolute Gasteiger partial charge is 0.489 e. The minimum atomic E-state index is 0.563. The molecule has 0 radical (unpaired) electrons. The molecule has 0 atom stereocenters. The van der Waals surface area contributed by atoms with Crippen LogP contribution in [0, 0.1) is 0 Å². The van der Waals surface area contributed by atoms with Crippen LogP contribution in [-0.2, 0) is 4.74 Å². The molecule has 0 fully saturated rings. The van der Waals surface area contributed by atoms with Crippen LogP contribution in [0.2, 0.25) is 0 Å². The standard InChI is InChI=1S/C15H18O.C2H6/c1-4-9-15(13(2)3)16-12-14-10-7-5-6-8-11-14;1-2/h4-5,7-11H,1-2,6,12H2,3H3;1-2H3/b15-9+;. The van der Waals surface area contributed by atoms with Crippen LogP contribution in [0.3, 0.4) is 0 Å². The summed E-state index contributed by atoms with van der Waals surface area (Å²) in [4.78, 5) is 0. The van der Waals surface area contributed by atoms with Crippen molar-refractivity contribution in [3.05, 3.63) is 72.6 Å². The molecular formula is C17H24O. The van der Waals surface area contributed by atoms with Gasteiger partial charge in [0.1, 0.15) is 12.4 Å². The second-order valence-electron chi connectivity index (χ2n) is 3.64. The molecule has 0 N–H and O–H groups in total. The molecule has 1 aliphatic rings. The summed E-state index contributed by atoms with van der Waals surface area (Å²) in [5, 5.41) is 0. The van der Waals surface area contributed by atoms with Gasteiger partial charge in [-0.25, -0.2) is 0 Å². The Morgan fingerprint density at radius 2 is 2.11 bits per heavy atom. The third-order valence-corrected chi connectivity index (χ3v) is 2.13. The van der Waals surface area contributed by atoms with E-state index in [0.717, 1.165) is 23.3 Å². The summed E-state index contributed by atoms with van der Waals surface area (Å²) in [6.45, 7) is 14.0. The Kier molecular flexibility index (Phi) is 9.38. The van der Waals surface area contributed by atoms with Gasteiger partial charge < -0.3 is 4.74 Å². The van der Waals surface area contributed by atoms with Gasteiger partial charge in [0.25, 0.3) is 0 Å². The van der Waals surface area contributed by atoms with Crippen molar-refractivity contribution >= 4 is 0 Å². The van der Waals surface area contributed by atoms with Gasteiger partial charge in [0, 0.05) is 0 Å². The van der Waals surface area contributed by atoms with Gasteiger partial charge in [0.05, 0.1) is 0 Å². The number of rotatable bonds is 5. The minimum Gasteiger partial charge on any atom is -0.489 e. The summed E-state index contributed by atoms with van der Waals surface area (Å²) in [6.07, 6.45) is 15.0. The molecule has 0 bridgehead atoms. The van der Waals surface area contributed by atoms with Crippen molar-refractivity contribution in [3.8, 4) is 0 Å². The van der Waals surface area contributed by atoms with Crippen LogP contribution < -0.4 is 0 Å². The molecule has 0 aromatic heterocycles. The Balaban J connectivity index is 0.00000137. The average Bonchev–Trinajstić information content (AvgIpc) is 2.65. The lowest BCUT2D eigenvalue weighted by molar-refractivity contribution is 0.251. The van der Waals surface area contributed by atoms with Gasteiger partial charge in [-0.2, -0.15) is 0 Å². The predicted molar refractivity (Wildman–Crippen MR) is 81.4 cm³/mol. The zero-order valence-corrected chi connectivity index (χ0v) is 11.8. The maximum Gasteiger partial charge on any atom is 0.122 e. The third-order valence-electron chi connectivity index (χ3n) is 2.13. The lowest BCUT2D eigenvalue weighted by atomic mass is 10.2. The van der Waals surface area contributed by atoms with Gasteiger partial charge in [-0.3, -0.25) is 0 Å². The Morgan fingerprint density at radius 3 is 2.72 bits per heavy atom. The van der Waals surface area contributed by atoms with Gasteiger partial charge in [-0.15, -0.1) is 0 Å². The number of allylic oxidation sites excluding steroid dienone is 7. The van der Waals surface area contributed by atoms with Crippen molar-refractivity contribution in [3.63, 3.8) is 0 Å². The van der Waals surface area contributed by atoms with E-state index in [0.29, 0.717) is 6.61 Å². The first kappa shape index (κ1) is 16.2. The topological polar surface area (TPSA) is 9.23 Å². The zero-order valence-electron chi connectivity index (χ0n) is 11.8. The Hall–Kier alpha value is -1.76. The molecule has 0 spiro atoms. The average molecular weight is 244 g/mol. The highest BCUT2D eigenvalue weighted by Crippen LogP contribution is 2.12. The molecule has 0 unspecified atom stereocenters. The van der Waals surface area contributed by atoms with Crippen LogP contribution >= 0.6 is 0 Å². The van der Waals surface area contributed by atoms with E-state index < -0.39 is 0 Å². The molecule has 1 rings (SSSR count). The second kappa shape index (κ2) is 10.4. The van der Waals surface area contributed by atoms with E-state index in [1.165, 1.54) is 0 Å². The SMILES string of the molecule is C=C/C=C(/OCC1=CC=CCC=C1)C(=C)C.CC. The fourth-order valence-electron chi connectivity index (χ4n) is 1.30. The minimum absolute atomic E-state index is 0.563. The van der Waals surface area contributed by atoms with Crippen molar-refractivity contribution < 1.29 is 4.74 Å². The number of ether oxygens (including phenoxy) is 1. The van der Waals surface area contributed by atoms with E-state index in [9.17, 15) is 0 Å². The summed E-state index contributed by atoms with van der Waals surface area (Å²) >= 11 is 0. The molecule has 0 amide bonds. The van der Waals surface area contributed by atoms with Crippen molar-refractivity contribution in [2.75, 3.05) is 6.61 Å². The van der Waals surface area contributed by atoms with Gasteiger partial charge >= 0.3 is 0 Å². The smallest absolute Gasteiger partial charge is 0.122 e. The molecular weight excluding hydrogens is 220 g/mol. The monoisotopic (exact) mass is 244 g/mol. The van der Waals surface area contributed by atoms with Crippen LogP contribution in [0.5, 0.6) is 0 Å². The first-order valence-electron chi connectivity index (χ1n) is 6.37. The van der Waals surface area contributed by atoms with Crippen molar-refractivity contribution in [2.45, 2.75) is 27.2 Å². The molecule has 0 aromatic rings. The summed E-state index contributed by atoms with van der Waals surface area (Å²) in [6, 6.07) is 0. The quantitative estimate of drug-likeness (QED) is 0.482. The van der Waals surface area contributed by atoms with Gasteiger partial charge in [0.2, 0.25) is 0 Å². The van der Waals surface area contributed by atoms with Crippen LogP contribution in [0.1, 0.15) is 27.2 Å².